The summed E-state index contributed by atoms with van der Waals surface area (Å²) in [6.07, 6.45) is 2.89. The highest BCUT2D eigenvalue weighted by Crippen LogP contribution is 2.31. The first-order chi connectivity index (χ1) is 10.1. The molecule has 0 bridgehead atoms. The molecule has 1 aliphatic carbocycles. The Balaban J connectivity index is 2.22. The molecule has 0 aliphatic heterocycles. The van der Waals surface area contributed by atoms with Crippen LogP contribution in [0.1, 0.15) is 49.0 Å². The van der Waals surface area contributed by atoms with Crippen molar-refractivity contribution in [2.45, 2.75) is 39.2 Å². The molecule has 1 aromatic rings. The maximum absolute atomic E-state index is 12.8. The molecule has 3 nitrogen and oxygen atoms in total. The van der Waals surface area contributed by atoms with E-state index in [0.717, 1.165) is 12.1 Å². The average Bonchev–Trinajstić information content (AvgIpc) is 3.29. The normalized spacial score (nSPS) is 13.7. The maximum Gasteiger partial charge on any atom is 0.255 e. The number of rotatable bonds is 5. The summed E-state index contributed by atoms with van der Waals surface area (Å²) in [5.41, 5.74) is 1.41. The van der Waals surface area contributed by atoms with Crippen LogP contribution in [-0.4, -0.2) is 35.1 Å². The number of aliphatic hydroxyl groups is 1. The SMILES string of the molecule is CC(C)N(CC1CC1)C(=O)c1ccccc1C#CCCO. The van der Waals surface area contributed by atoms with E-state index in [-0.39, 0.29) is 18.6 Å². The third-order valence-electron chi connectivity index (χ3n) is 3.65. The Kier molecular flexibility index (Phi) is 5.41. The summed E-state index contributed by atoms with van der Waals surface area (Å²) < 4.78 is 0. The number of hydrogen-bond acceptors (Lipinski definition) is 2. The number of hydrogen-bond donors (Lipinski definition) is 1. The minimum atomic E-state index is 0.0446. The fraction of sp³-hybridized carbons (Fsp3) is 0.500. The van der Waals surface area contributed by atoms with E-state index in [1.165, 1.54) is 12.8 Å². The van der Waals surface area contributed by atoms with E-state index in [4.69, 9.17) is 5.11 Å². The van der Waals surface area contributed by atoms with Gasteiger partial charge in [-0.2, -0.15) is 0 Å². The average molecular weight is 285 g/mol. The second-order valence-electron chi connectivity index (χ2n) is 5.82. The van der Waals surface area contributed by atoms with E-state index in [1.807, 2.05) is 29.2 Å². The van der Waals surface area contributed by atoms with Crippen molar-refractivity contribution in [2.24, 2.45) is 5.92 Å². The van der Waals surface area contributed by atoms with Crippen LogP contribution in [0.25, 0.3) is 0 Å². The first-order valence-corrected chi connectivity index (χ1v) is 7.63. The van der Waals surface area contributed by atoms with Crippen LogP contribution in [0.3, 0.4) is 0 Å². The molecule has 0 saturated heterocycles. The lowest BCUT2D eigenvalue weighted by Crippen LogP contribution is -2.38. The van der Waals surface area contributed by atoms with Crippen LogP contribution in [0.4, 0.5) is 0 Å². The minimum Gasteiger partial charge on any atom is -0.395 e. The number of amides is 1. The Morgan fingerprint density at radius 2 is 2.10 bits per heavy atom. The molecule has 1 aliphatic rings. The molecule has 0 unspecified atom stereocenters. The number of nitrogens with zero attached hydrogens (tertiary/aromatic N) is 1. The molecule has 0 atom stereocenters. The third-order valence-corrected chi connectivity index (χ3v) is 3.65. The topological polar surface area (TPSA) is 40.5 Å². The Bertz CT molecular complexity index is 550. The number of carbonyl (C=O) groups is 1. The van der Waals surface area contributed by atoms with Gasteiger partial charge in [-0.25, -0.2) is 0 Å². The molecule has 1 aromatic carbocycles. The Morgan fingerprint density at radius 1 is 1.38 bits per heavy atom. The van der Waals surface area contributed by atoms with Gasteiger partial charge in [-0.05, 0) is 44.7 Å². The largest absolute Gasteiger partial charge is 0.395 e. The summed E-state index contributed by atoms with van der Waals surface area (Å²) in [5, 5.41) is 8.81. The molecule has 1 saturated carbocycles. The lowest BCUT2D eigenvalue weighted by atomic mass is 10.1. The van der Waals surface area contributed by atoms with Gasteiger partial charge in [0.1, 0.15) is 0 Å². The summed E-state index contributed by atoms with van der Waals surface area (Å²) in [7, 11) is 0. The van der Waals surface area contributed by atoms with Crippen LogP contribution < -0.4 is 0 Å². The van der Waals surface area contributed by atoms with Gasteiger partial charge >= 0.3 is 0 Å². The van der Waals surface area contributed by atoms with Crippen molar-refractivity contribution >= 4 is 5.91 Å². The van der Waals surface area contributed by atoms with Gasteiger partial charge in [0, 0.05) is 24.6 Å². The monoisotopic (exact) mass is 285 g/mol. The van der Waals surface area contributed by atoms with Crippen LogP contribution in [-0.2, 0) is 0 Å². The number of aliphatic hydroxyl groups excluding tert-OH is 1. The molecule has 112 valence electrons. The molecule has 21 heavy (non-hydrogen) atoms. The fourth-order valence-corrected chi connectivity index (χ4v) is 2.25. The Hall–Kier alpha value is -1.79. The molecule has 1 N–H and O–H groups in total. The van der Waals surface area contributed by atoms with Crippen molar-refractivity contribution in [3.63, 3.8) is 0 Å². The highest BCUT2D eigenvalue weighted by molar-refractivity contribution is 5.97. The first kappa shape index (κ1) is 15.6. The Labute approximate surface area is 127 Å². The molecular formula is C18H23NO2. The van der Waals surface area contributed by atoms with Crippen molar-refractivity contribution in [1.29, 1.82) is 0 Å². The van der Waals surface area contributed by atoms with E-state index in [1.54, 1.807) is 0 Å². The van der Waals surface area contributed by atoms with Gasteiger partial charge < -0.3 is 10.0 Å². The highest BCUT2D eigenvalue weighted by Gasteiger charge is 2.29. The molecule has 0 heterocycles. The second kappa shape index (κ2) is 7.28. The van der Waals surface area contributed by atoms with Crippen molar-refractivity contribution in [3.8, 4) is 11.8 Å². The summed E-state index contributed by atoms with van der Waals surface area (Å²) in [6, 6.07) is 7.66. The molecule has 0 spiro atoms. The lowest BCUT2D eigenvalue weighted by Gasteiger charge is -2.27. The number of benzene rings is 1. The molecule has 0 aromatic heterocycles. The Morgan fingerprint density at radius 3 is 2.71 bits per heavy atom. The van der Waals surface area contributed by atoms with E-state index < -0.39 is 0 Å². The quantitative estimate of drug-likeness (QED) is 0.845. The van der Waals surface area contributed by atoms with Crippen molar-refractivity contribution < 1.29 is 9.90 Å². The zero-order chi connectivity index (χ0) is 15.2. The predicted molar refractivity (Wildman–Crippen MR) is 83.9 cm³/mol. The van der Waals surface area contributed by atoms with E-state index in [9.17, 15) is 4.79 Å². The van der Waals surface area contributed by atoms with Gasteiger partial charge in [-0.15, -0.1) is 0 Å². The zero-order valence-electron chi connectivity index (χ0n) is 12.8. The number of carbonyl (C=O) groups excluding carboxylic acids is 1. The molecular weight excluding hydrogens is 262 g/mol. The van der Waals surface area contributed by atoms with Crippen molar-refractivity contribution in [2.75, 3.05) is 13.2 Å². The van der Waals surface area contributed by atoms with Gasteiger partial charge in [0.2, 0.25) is 0 Å². The minimum absolute atomic E-state index is 0.0446. The molecule has 2 rings (SSSR count). The van der Waals surface area contributed by atoms with E-state index >= 15 is 0 Å². The third kappa shape index (κ3) is 4.34. The van der Waals surface area contributed by atoms with Crippen LogP contribution >= 0.6 is 0 Å². The predicted octanol–water partition coefficient (Wildman–Crippen LogP) is 2.68. The van der Waals surface area contributed by atoms with E-state index in [0.29, 0.717) is 17.9 Å². The van der Waals surface area contributed by atoms with E-state index in [2.05, 4.69) is 25.7 Å². The van der Waals surface area contributed by atoms with Gasteiger partial charge in [0.15, 0.2) is 0 Å². The summed E-state index contributed by atoms with van der Waals surface area (Å²) in [6.45, 7) is 5.00. The fourth-order valence-electron chi connectivity index (χ4n) is 2.25. The van der Waals surface area contributed by atoms with Crippen LogP contribution in [0.2, 0.25) is 0 Å². The summed E-state index contributed by atoms with van der Waals surface area (Å²) >= 11 is 0. The molecule has 0 radical (unpaired) electrons. The van der Waals surface area contributed by atoms with Crippen LogP contribution in [0.15, 0.2) is 24.3 Å². The summed E-state index contributed by atoms with van der Waals surface area (Å²) in [4.78, 5) is 14.8. The van der Waals surface area contributed by atoms with Gasteiger partial charge in [0.05, 0.1) is 12.2 Å². The second-order valence-corrected chi connectivity index (χ2v) is 5.82. The molecule has 1 amide bonds. The summed E-state index contributed by atoms with van der Waals surface area (Å²) in [5.74, 6) is 6.63. The molecule has 1 fully saturated rings. The zero-order valence-corrected chi connectivity index (χ0v) is 12.8. The van der Waals surface area contributed by atoms with Crippen LogP contribution in [0.5, 0.6) is 0 Å². The smallest absolute Gasteiger partial charge is 0.255 e. The first-order valence-electron chi connectivity index (χ1n) is 7.63. The lowest BCUT2D eigenvalue weighted by molar-refractivity contribution is 0.0696. The highest BCUT2D eigenvalue weighted by atomic mass is 16.2. The molecule has 3 heteroatoms. The van der Waals surface area contributed by atoms with Gasteiger partial charge in [0.25, 0.3) is 5.91 Å². The van der Waals surface area contributed by atoms with Crippen molar-refractivity contribution in [1.82, 2.24) is 4.90 Å². The maximum atomic E-state index is 12.8. The standard InChI is InChI=1S/C18H23NO2/c1-14(2)19(13-15-10-11-15)18(21)17-9-4-3-7-16(17)8-5-6-12-20/h3-4,7,9,14-15,20H,6,10-13H2,1-2H3. The van der Waals surface area contributed by atoms with Crippen molar-refractivity contribution in [3.05, 3.63) is 35.4 Å². The van der Waals surface area contributed by atoms with Gasteiger partial charge in [-0.1, -0.05) is 24.0 Å². The van der Waals surface area contributed by atoms with Gasteiger partial charge in [-0.3, -0.25) is 4.79 Å². The van der Waals surface area contributed by atoms with Crippen LogP contribution in [0, 0.1) is 17.8 Å².